The molecule has 1 N–H and O–H groups in total. The molecule has 1 unspecified atom stereocenters. The molecule has 156 valence electrons. The van der Waals surface area contributed by atoms with Crippen LogP contribution in [0, 0.1) is 5.41 Å². The Kier molecular flexibility index (Phi) is 5.84. The lowest BCUT2D eigenvalue weighted by Gasteiger charge is -2.23. The summed E-state index contributed by atoms with van der Waals surface area (Å²) in [5.41, 5.74) is -0.305. The molecule has 0 spiro atoms. The van der Waals surface area contributed by atoms with E-state index in [4.69, 9.17) is 0 Å². The van der Waals surface area contributed by atoms with Gasteiger partial charge in [-0.2, -0.15) is 0 Å². The van der Waals surface area contributed by atoms with Gasteiger partial charge in [0.25, 0.3) is 5.91 Å². The number of carbonyl (C=O) groups is 2. The lowest BCUT2D eigenvalue weighted by atomic mass is 9.95. The molecular formula is C20H25N3O4S2. The molecule has 1 aromatic carbocycles. The van der Waals surface area contributed by atoms with Crippen LogP contribution in [0.1, 0.15) is 35.1 Å². The average Bonchev–Trinajstić information content (AvgIpc) is 3.20. The number of nitrogens with zero attached hydrogens (tertiary/aromatic N) is 2. The minimum absolute atomic E-state index is 0.0628. The number of hydrogen-bond acceptors (Lipinski definition) is 6. The lowest BCUT2D eigenvalue weighted by Crippen LogP contribution is -2.34. The van der Waals surface area contributed by atoms with E-state index in [1.807, 2.05) is 36.5 Å². The minimum Gasteiger partial charge on any atom is -0.350 e. The fourth-order valence-electron chi connectivity index (χ4n) is 3.32. The van der Waals surface area contributed by atoms with Gasteiger partial charge >= 0.3 is 0 Å². The van der Waals surface area contributed by atoms with Crippen LogP contribution in [-0.2, 0) is 14.8 Å². The number of rotatable bonds is 6. The molecule has 1 fully saturated rings. The average molecular weight is 436 g/mol. The standard InChI is InChI=1S/C20H25N3O4S2/c1-20(2)13-29(26,27)23(19(20)25)15-9-7-14(8-10-15)18(24)21-12-16(22(3)4)17-6-5-11-28-17/h5-11,16H,12-13H2,1-4H3,(H,21,24). The van der Waals surface area contributed by atoms with E-state index in [0.29, 0.717) is 12.1 Å². The van der Waals surface area contributed by atoms with Crippen molar-refractivity contribution < 1.29 is 18.0 Å². The fraction of sp³-hybridized carbons (Fsp3) is 0.400. The van der Waals surface area contributed by atoms with E-state index in [2.05, 4.69) is 5.32 Å². The van der Waals surface area contributed by atoms with E-state index in [1.54, 1.807) is 25.2 Å². The largest absolute Gasteiger partial charge is 0.350 e. The summed E-state index contributed by atoms with van der Waals surface area (Å²) in [7, 11) is 0.210. The molecule has 1 atom stereocenters. The lowest BCUT2D eigenvalue weighted by molar-refractivity contribution is -0.123. The fourth-order valence-corrected chi connectivity index (χ4v) is 6.35. The number of benzene rings is 1. The maximum atomic E-state index is 12.5. The summed E-state index contributed by atoms with van der Waals surface area (Å²) in [6.07, 6.45) is 0. The Morgan fingerprint density at radius 1 is 1.24 bits per heavy atom. The van der Waals surface area contributed by atoms with Crippen molar-refractivity contribution in [2.24, 2.45) is 5.41 Å². The van der Waals surface area contributed by atoms with Gasteiger partial charge in [-0.25, -0.2) is 12.7 Å². The number of thiophene rings is 1. The molecule has 2 aromatic rings. The van der Waals surface area contributed by atoms with Crippen molar-refractivity contribution in [2.75, 3.05) is 30.7 Å². The minimum atomic E-state index is -3.71. The van der Waals surface area contributed by atoms with Gasteiger partial charge in [0.15, 0.2) is 0 Å². The molecule has 1 aliphatic rings. The first kappa shape index (κ1) is 21.5. The van der Waals surface area contributed by atoms with Crippen molar-refractivity contribution in [2.45, 2.75) is 19.9 Å². The van der Waals surface area contributed by atoms with Crippen molar-refractivity contribution in [1.82, 2.24) is 10.2 Å². The first-order chi connectivity index (χ1) is 13.5. The third-order valence-corrected chi connectivity index (χ3v) is 7.89. The Labute approximate surface area is 175 Å². The zero-order chi connectivity index (χ0) is 21.4. The summed E-state index contributed by atoms with van der Waals surface area (Å²) < 4.78 is 25.6. The van der Waals surface area contributed by atoms with Crippen molar-refractivity contribution in [3.8, 4) is 0 Å². The molecule has 2 heterocycles. The molecule has 29 heavy (non-hydrogen) atoms. The number of sulfonamides is 1. The number of anilines is 1. The molecule has 1 aromatic heterocycles. The van der Waals surface area contributed by atoms with E-state index in [9.17, 15) is 18.0 Å². The van der Waals surface area contributed by atoms with E-state index < -0.39 is 21.3 Å². The molecule has 3 rings (SSSR count). The zero-order valence-corrected chi connectivity index (χ0v) is 18.5. The van der Waals surface area contributed by atoms with Crippen LogP contribution < -0.4 is 9.62 Å². The van der Waals surface area contributed by atoms with Crippen LogP contribution in [-0.4, -0.2) is 51.5 Å². The molecule has 2 amide bonds. The second kappa shape index (κ2) is 7.89. The van der Waals surface area contributed by atoms with Crippen molar-refractivity contribution in [3.05, 3.63) is 52.2 Å². The van der Waals surface area contributed by atoms with E-state index in [1.165, 1.54) is 24.3 Å². The number of amides is 2. The van der Waals surface area contributed by atoms with Crippen LogP contribution in [0.25, 0.3) is 0 Å². The first-order valence-electron chi connectivity index (χ1n) is 9.18. The Balaban J connectivity index is 1.72. The van der Waals surface area contributed by atoms with E-state index in [0.717, 1.165) is 9.18 Å². The van der Waals surface area contributed by atoms with Gasteiger partial charge in [0.1, 0.15) is 0 Å². The summed E-state index contributed by atoms with van der Waals surface area (Å²) in [5.74, 6) is -0.939. The zero-order valence-electron chi connectivity index (χ0n) is 16.9. The highest BCUT2D eigenvalue weighted by Crippen LogP contribution is 2.35. The van der Waals surface area contributed by atoms with Gasteiger partial charge < -0.3 is 10.2 Å². The van der Waals surface area contributed by atoms with Gasteiger partial charge in [0, 0.05) is 17.0 Å². The molecule has 9 heteroatoms. The molecule has 1 saturated heterocycles. The number of carbonyl (C=O) groups excluding carboxylic acids is 2. The molecule has 7 nitrogen and oxygen atoms in total. The van der Waals surface area contributed by atoms with Crippen molar-refractivity contribution in [3.63, 3.8) is 0 Å². The summed E-state index contributed by atoms with van der Waals surface area (Å²) in [5, 5.41) is 4.92. The van der Waals surface area contributed by atoms with Gasteiger partial charge in [-0.15, -0.1) is 11.3 Å². The summed E-state index contributed by atoms with van der Waals surface area (Å²) in [4.78, 5) is 28.2. The quantitative estimate of drug-likeness (QED) is 0.753. The van der Waals surface area contributed by atoms with Crippen LogP contribution >= 0.6 is 11.3 Å². The molecule has 0 saturated carbocycles. The van der Waals surface area contributed by atoms with Crippen LogP contribution in [0.5, 0.6) is 0 Å². The molecule has 0 bridgehead atoms. The Morgan fingerprint density at radius 2 is 1.90 bits per heavy atom. The third kappa shape index (κ3) is 4.36. The summed E-state index contributed by atoms with van der Waals surface area (Å²) in [6, 6.07) is 10.1. The normalized spacial score (nSPS) is 18.8. The van der Waals surface area contributed by atoms with E-state index >= 15 is 0 Å². The van der Waals surface area contributed by atoms with Crippen LogP contribution in [0.15, 0.2) is 41.8 Å². The second-order valence-electron chi connectivity index (χ2n) is 7.96. The maximum absolute atomic E-state index is 12.5. The van der Waals surface area contributed by atoms with Gasteiger partial charge in [-0.3, -0.25) is 9.59 Å². The summed E-state index contributed by atoms with van der Waals surface area (Å²) >= 11 is 1.64. The van der Waals surface area contributed by atoms with Gasteiger partial charge in [-0.05, 0) is 63.7 Å². The second-order valence-corrected chi connectivity index (χ2v) is 10.8. The van der Waals surface area contributed by atoms with Crippen molar-refractivity contribution in [1.29, 1.82) is 0 Å². The highest BCUT2D eigenvalue weighted by molar-refractivity contribution is 7.94. The molecule has 0 radical (unpaired) electrons. The topological polar surface area (TPSA) is 86.8 Å². The van der Waals surface area contributed by atoms with Crippen LogP contribution in [0.3, 0.4) is 0 Å². The number of nitrogens with one attached hydrogen (secondary N) is 1. The van der Waals surface area contributed by atoms with E-state index in [-0.39, 0.29) is 23.4 Å². The van der Waals surface area contributed by atoms with Gasteiger partial charge in [0.2, 0.25) is 15.9 Å². The SMILES string of the molecule is CN(C)C(CNC(=O)c1ccc(N2C(=O)C(C)(C)CS2(=O)=O)cc1)c1cccs1. The monoisotopic (exact) mass is 435 g/mol. The predicted molar refractivity (Wildman–Crippen MR) is 115 cm³/mol. The Bertz CT molecular complexity index is 997. The molecular weight excluding hydrogens is 410 g/mol. The highest BCUT2D eigenvalue weighted by Gasteiger charge is 2.49. The first-order valence-corrected chi connectivity index (χ1v) is 11.7. The predicted octanol–water partition coefficient (Wildman–Crippen LogP) is 2.48. The molecule has 0 aliphatic carbocycles. The maximum Gasteiger partial charge on any atom is 0.251 e. The Hall–Kier alpha value is -2.23. The molecule has 1 aliphatic heterocycles. The highest BCUT2D eigenvalue weighted by atomic mass is 32.2. The van der Waals surface area contributed by atoms with Crippen LogP contribution in [0.4, 0.5) is 5.69 Å². The van der Waals surface area contributed by atoms with Gasteiger partial charge in [-0.1, -0.05) is 6.07 Å². The van der Waals surface area contributed by atoms with Gasteiger partial charge in [0.05, 0.1) is 22.9 Å². The smallest absolute Gasteiger partial charge is 0.251 e. The number of hydrogen-bond donors (Lipinski definition) is 1. The third-order valence-electron chi connectivity index (χ3n) is 4.90. The summed E-state index contributed by atoms with van der Waals surface area (Å²) in [6.45, 7) is 3.67. The van der Waals surface area contributed by atoms with Crippen molar-refractivity contribution >= 4 is 38.9 Å². The Morgan fingerprint density at radius 3 is 2.38 bits per heavy atom. The van der Waals surface area contributed by atoms with Crippen LogP contribution in [0.2, 0.25) is 0 Å². The number of likely N-dealkylation sites (N-methyl/N-ethyl adjacent to an activating group) is 1.